The van der Waals surface area contributed by atoms with Gasteiger partial charge in [-0.3, -0.25) is 4.68 Å². The molecule has 90 valence electrons. The predicted molar refractivity (Wildman–Crippen MR) is 65.6 cm³/mol. The molecule has 1 saturated heterocycles. The van der Waals surface area contributed by atoms with Crippen molar-refractivity contribution in [1.29, 1.82) is 0 Å². The summed E-state index contributed by atoms with van der Waals surface area (Å²) >= 11 is 0. The lowest BCUT2D eigenvalue weighted by Crippen LogP contribution is -2.44. The highest BCUT2D eigenvalue weighted by Crippen LogP contribution is 2.06. The topological polar surface area (TPSA) is 33.1 Å². The van der Waals surface area contributed by atoms with Crippen LogP contribution in [0, 0.1) is 0 Å². The first-order chi connectivity index (χ1) is 7.75. The maximum atomic E-state index is 4.37. The minimum atomic E-state index is 0.466. The van der Waals surface area contributed by atoms with Crippen LogP contribution in [-0.2, 0) is 6.42 Å². The summed E-state index contributed by atoms with van der Waals surface area (Å²) in [6.07, 6.45) is 5.29. The third-order valence-corrected chi connectivity index (χ3v) is 3.11. The molecule has 0 bridgehead atoms. The lowest BCUT2D eigenvalue weighted by Gasteiger charge is -2.26. The zero-order chi connectivity index (χ0) is 11.4. The Balaban J connectivity index is 1.79. The molecule has 1 aliphatic rings. The Morgan fingerprint density at radius 2 is 2.12 bits per heavy atom. The molecule has 0 amide bonds. The number of piperazine rings is 1. The highest BCUT2D eigenvalue weighted by Gasteiger charge is 2.09. The summed E-state index contributed by atoms with van der Waals surface area (Å²) in [5.74, 6) is 0. The van der Waals surface area contributed by atoms with E-state index in [4.69, 9.17) is 0 Å². The Hall–Kier alpha value is -0.870. The lowest BCUT2D eigenvalue weighted by molar-refractivity contribution is 0.244. The van der Waals surface area contributed by atoms with Gasteiger partial charge in [-0.25, -0.2) is 0 Å². The summed E-state index contributed by atoms with van der Waals surface area (Å²) in [6.45, 7) is 10.1. The molecular weight excluding hydrogens is 200 g/mol. The van der Waals surface area contributed by atoms with Crippen molar-refractivity contribution in [2.45, 2.75) is 26.3 Å². The molecule has 4 nitrogen and oxygen atoms in total. The molecule has 0 atom stereocenters. The van der Waals surface area contributed by atoms with Crippen molar-refractivity contribution in [2.24, 2.45) is 0 Å². The molecule has 0 radical (unpaired) electrons. The van der Waals surface area contributed by atoms with Crippen molar-refractivity contribution in [1.82, 2.24) is 20.0 Å². The molecule has 16 heavy (non-hydrogen) atoms. The molecule has 2 rings (SSSR count). The normalized spacial score (nSPS) is 18.2. The average molecular weight is 222 g/mol. The molecule has 0 saturated carbocycles. The predicted octanol–water partition coefficient (Wildman–Crippen LogP) is 0.912. The van der Waals surface area contributed by atoms with Crippen LogP contribution in [0.15, 0.2) is 12.4 Å². The minimum Gasteiger partial charge on any atom is -0.314 e. The molecule has 1 fully saturated rings. The van der Waals surface area contributed by atoms with Gasteiger partial charge in [0.1, 0.15) is 0 Å². The molecule has 2 heterocycles. The van der Waals surface area contributed by atoms with Crippen LogP contribution in [0.2, 0.25) is 0 Å². The molecule has 1 aromatic rings. The van der Waals surface area contributed by atoms with E-state index in [2.05, 4.69) is 35.4 Å². The fourth-order valence-corrected chi connectivity index (χ4v) is 2.01. The van der Waals surface area contributed by atoms with Gasteiger partial charge in [0.25, 0.3) is 0 Å². The summed E-state index contributed by atoms with van der Waals surface area (Å²) in [6, 6.07) is 0.466. The zero-order valence-corrected chi connectivity index (χ0v) is 10.3. The van der Waals surface area contributed by atoms with E-state index in [1.165, 1.54) is 18.7 Å². The smallest absolute Gasteiger partial charge is 0.0522 e. The van der Waals surface area contributed by atoms with Crippen LogP contribution in [0.25, 0.3) is 0 Å². The van der Waals surface area contributed by atoms with Gasteiger partial charge in [0.2, 0.25) is 0 Å². The Kier molecular flexibility index (Phi) is 3.96. The molecule has 0 spiro atoms. The fourth-order valence-electron chi connectivity index (χ4n) is 2.01. The second-order valence-electron chi connectivity index (χ2n) is 4.76. The van der Waals surface area contributed by atoms with Gasteiger partial charge in [-0.2, -0.15) is 5.10 Å². The maximum absolute atomic E-state index is 4.37. The Morgan fingerprint density at radius 1 is 1.38 bits per heavy atom. The first-order valence-corrected chi connectivity index (χ1v) is 6.22. The Bertz CT molecular complexity index is 313. The van der Waals surface area contributed by atoms with Crippen LogP contribution in [0.1, 0.15) is 25.5 Å². The maximum Gasteiger partial charge on any atom is 0.0522 e. The monoisotopic (exact) mass is 222 g/mol. The molecule has 0 aromatic carbocycles. The largest absolute Gasteiger partial charge is 0.314 e. The van der Waals surface area contributed by atoms with Crippen molar-refractivity contribution < 1.29 is 0 Å². The van der Waals surface area contributed by atoms with Gasteiger partial charge in [-0.05, 0) is 25.8 Å². The van der Waals surface area contributed by atoms with E-state index < -0.39 is 0 Å². The van der Waals surface area contributed by atoms with Gasteiger partial charge in [0.05, 0.1) is 6.20 Å². The van der Waals surface area contributed by atoms with Gasteiger partial charge in [-0.15, -0.1) is 0 Å². The van der Waals surface area contributed by atoms with E-state index in [0.717, 1.165) is 26.1 Å². The zero-order valence-electron chi connectivity index (χ0n) is 10.3. The molecule has 1 aromatic heterocycles. The van der Waals surface area contributed by atoms with Crippen molar-refractivity contribution >= 4 is 0 Å². The van der Waals surface area contributed by atoms with Gasteiger partial charge in [0, 0.05) is 45.0 Å². The molecule has 0 aliphatic carbocycles. The lowest BCUT2D eigenvalue weighted by atomic mass is 10.2. The minimum absolute atomic E-state index is 0.466. The van der Waals surface area contributed by atoms with Crippen LogP contribution < -0.4 is 5.32 Å². The van der Waals surface area contributed by atoms with E-state index in [9.17, 15) is 0 Å². The van der Waals surface area contributed by atoms with Gasteiger partial charge in [0.15, 0.2) is 0 Å². The number of hydrogen-bond donors (Lipinski definition) is 1. The summed E-state index contributed by atoms with van der Waals surface area (Å²) < 4.78 is 2.03. The number of nitrogens with one attached hydrogen (secondary N) is 1. The Labute approximate surface area is 97.6 Å². The fraction of sp³-hybridized carbons (Fsp3) is 0.750. The molecule has 4 heteroatoms. The first kappa shape index (κ1) is 11.6. The summed E-state index contributed by atoms with van der Waals surface area (Å²) in [5.41, 5.74) is 1.35. The SMILES string of the molecule is CC(C)n1cc(CCN2CCNCC2)cn1. The Morgan fingerprint density at radius 3 is 2.75 bits per heavy atom. The summed E-state index contributed by atoms with van der Waals surface area (Å²) in [4.78, 5) is 2.52. The van der Waals surface area contributed by atoms with E-state index >= 15 is 0 Å². The van der Waals surface area contributed by atoms with Crippen molar-refractivity contribution in [3.8, 4) is 0 Å². The van der Waals surface area contributed by atoms with Crippen LogP contribution in [0.4, 0.5) is 0 Å². The molecule has 1 aliphatic heterocycles. The standard InChI is InChI=1S/C12H22N4/c1-11(2)16-10-12(9-14-16)3-6-15-7-4-13-5-8-15/h9-11,13H,3-8H2,1-2H3. The third kappa shape index (κ3) is 3.06. The van der Waals surface area contributed by atoms with Crippen LogP contribution in [0.5, 0.6) is 0 Å². The third-order valence-electron chi connectivity index (χ3n) is 3.11. The first-order valence-electron chi connectivity index (χ1n) is 6.22. The quantitative estimate of drug-likeness (QED) is 0.822. The van der Waals surface area contributed by atoms with Gasteiger partial charge in [-0.1, -0.05) is 0 Å². The van der Waals surface area contributed by atoms with Crippen molar-refractivity contribution in [2.75, 3.05) is 32.7 Å². The number of rotatable bonds is 4. The molecular formula is C12H22N4. The van der Waals surface area contributed by atoms with Crippen molar-refractivity contribution in [3.63, 3.8) is 0 Å². The second kappa shape index (κ2) is 5.46. The number of aromatic nitrogens is 2. The van der Waals surface area contributed by atoms with E-state index in [1.807, 2.05) is 10.9 Å². The van der Waals surface area contributed by atoms with E-state index in [1.54, 1.807) is 0 Å². The van der Waals surface area contributed by atoms with Crippen LogP contribution in [-0.4, -0.2) is 47.4 Å². The molecule has 0 unspecified atom stereocenters. The number of hydrogen-bond acceptors (Lipinski definition) is 3. The van der Waals surface area contributed by atoms with Crippen molar-refractivity contribution in [3.05, 3.63) is 18.0 Å². The highest BCUT2D eigenvalue weighted by molar-refractivity contribution is 5.05. The molecule has 1 N–H and O–H groups in total. The summed E-state index contributed by atoms with van der Waals surface area (Å²) in [7, 11) is 0. The highest BCUT2D eigenvalue weighted by atomic mass is 15.3. The van der Waals surface area contributed by atoms with E-state index in [-0.39, 0.29) is 0 Å². The number of nitrogens with zero attached hydrogens (tertiary/aromatic N) is 3. The van der Waals surface area contributed by atoms with Gasteiger partial charge < -0.3 is 10.2 Å². The van der Waals surface area contributed by atoms with Crippen LogP contribution in [0.3, 0.4) is 0 Å². The van der Waals surface area contributed by atoms with Crippen LogP contribution >= 0.6 is 0 Å². The second-order valence-corrected chi connectivity index (χ2v) is 4.76. The average Bonchev–Trinajstić information content (AvgIpc) is 2.76. The summed E-state index contributed by atoms with van der Waals surface area (Å²) in [5, 5.41) is 7.74. The van der Waals surface area contributed by atoms with Gasteiger partial charge >= 0.3 is 0 Å². The van der Waals surface area contributed by atoms with E-state index in [0.29, 0.717) is 6.04 Å².